The molecule has 0 spiro atoms. The number of aryl methyl sites for hydroxylation is 1. The molecule has 1 aliphatic rings. The molecule has 3 aromatic rings. The maximum atomic E-state index is 13.2. The molecule has 0 amide bonds. The average molecular weight is 381 g/mol. The topological polar surface area (TPSA) is 3.24 Å². The van der Waals surface area contributed by atoms with Crippen molar-refractivity contribution in [2.24, 2.45) is 0 Å². The summed E-state index contributed by atoms with van der Waals surface area (Å²) >= 11 is 0. The summed E-state index contributed by atoms with van der Waals surface area (Å²) in [6.45, 7) is 3.22. The maximum Gasteiger partial charge on any atom is 0.416 e. The van der Waals surface area contributed by atoms with E-state index in [1.807, 2.05) is 42.5 Å². The minimum atomic E-state index is -4.30. The third-order valence-corrected chi connectivity index (χ3v) is 5.40. The van der Waals surface area contributed by atoms with Crippen LogP contribution < -0.4 is 0 Å². The van der Waals surface area contributed by atoms with Crippen molar-refractivity contribution in [3.05, 3.63) is 107 Å². The lowest BCUT2D eigenvalue weighted by Crippen LogP contribution is -2.47. The Hall–Kier alpha value is -2.59. The van der Waals surface area contributed by atoms with Crippen molar-refractivity contribution in [2.45, 2.75) is 25.1 Å². The molecule has 4 rings (SSSR count). The summed E-state index contributed by atoms with van der Waals surface area (Å²) in [4.78, 5) is 2.34. The minimum Gasteiger partial charge on any atom is -0.291 e. The van der Waals surface area contributed by atoms with Crippen molar-refractivity contribution < 1.29 is 13.2 Å². The standard InChI is InChI=1S/C24H22F3N/c1-17-12-20(14-22(13-17)24(25,26)27)21-15-28(16-21)23(18-8-4-2-5-9-18)19-10-6-3-7-11-19/h2-14,21,23H,15-16H2,1H3. The SMILES string of the molecule is Cc1cc(C2CN(C(c3ccccc3)c3ccccc3)C2)cc(C(F)(F)F)c1. The monoisotopic (exact) mass is 381 g/mol. The van der Waals surface area contributed by atoms with Crippen molar-refractivity contribution in [3.8, 4) is 0 Å². The third kappa shape index (κ3) is 3.83. The molecule has 0 aromatic heterocycles. The zero-order valence-electron chi connectivity index (χ0n) is 15.7. The molecule has 0 bridgehead atoms. The molecular weight excluding hydrogens is 359 g/mol. The van der Waals surface area contributed by atoms with E-state index in [9.17, 15) is 13.2 Å². The molecule has 1 heterocycles. The van der Waals surface area contributed by atoms with Crippen LogP contribution in [-0.2, 0) is 6.18 Å². The molecule has 3 aromatic carbocycles. The van der Waals surface area contributed by atoms with Gasteiger partial charge in [-0.3, -0.25) is 4.90 Å². The van der Waals surface area contributed by atoms with Crippen molar-refractivity contribution in [1.29, 1.82) is 0 Å². The van der Waals surface area contributed by atoms with E-state index in [0.717, 1.165) is 18.7 Å². The zero-order valence-corrected chi connectivity index (χ0v) is 15.7. The summed E-state index contributed by atoms with van der Waals surface area (Å²) < 4.78 is 39.5. The Kier molecular flexibility index (Phi) is 4.98. The molecule has 0 saturated carbocycles. The Morgan fingerprint density at radius 3 is 1.86 bits per heavy atom. The Morgan fingerprint density at radius 1 is 0.821 bits per heavy atom. The number of nitrogens with zero attached hydrogens (tertiary/aromatic N) is 1. The van der Waals surface area contributed by atoms with Crippen LogP contribution in [0.15, 0.2) is 78.9 Å². The molecule has 28 heavy (non-hydrogen) atoms. The van der Waals surface area contributed by atoms with Gasteiger partial charge in [-0.1, -0.05) is 72.3 Å². The zero-order chi connectivity index (χ0) is 19.7. The largest absolute Gasteiger partial charge is 0.416 e. The van der Waals surface area contributed by atoms with Gasteiger partial charge in [0.05, 0.1) is 11.6 Å². The smallest absolute Gasteiger partial charge is 0.291 e. The molecule has 0 radical (unpaired) electrons. The van der Waals surface area contributed by atoms with E-state index in [4.69, 9.17) is 0 Å². The number of hydrogen-bond acceptors (Lipinski definition) is 1. The number of alkyl halides is 3. The van der Waals surface area contributed by atoms with E-state index in [2.05, 4.69) is 29.2 Å². The number of hydrogen-bond donors (Lipinski definition) is 0. The Labute approximate surface area is 163 Å². The molecule has 0 atom stereocenters. The van der Waals surface area contributed by atoms with Gasteiger partial charge in [-0.05, 0) is 35.7 Å². The molecule has 1 nitrogen and oxygen atoms in total. The average Bonchev–Trinajstić information content (AvgIpc) is 2.64. The second-order valence-electron chi connectivity index (χ2n) is 7.50. The Bertz CT molecular complexity index is 890. The van der Waals surface area contributed by atoms with Crippen LogP contribution in [0.3, 0.4) is 0 Å². The van der Waals surface area contributed by atoms with E-state index in [0.29, 0.717) is 5.56 Å². The molecule has 0 aliphatic carbocycles. The van der Waals surface area contributed by atoms with E-state index in [-0.39, 0.29) is 12.0 Å². The fraction of sp³-hybridized carbons (Fsp3) is 0.250. The highest BCUT2D eigenvalue weighted by atomic mass is 19.4. The summed E-state index contributed by atoms with van der Waals surface area (Å²) in [6, 6.07) is 25.1. The van der Waals surface area contributed by atoms with Gasteiger partial charge in [0.25, 0.3) is 0 Å². The predicted octanol–water partition coefficient (Wildman–Crippen LogP) is 6.20. The van der Waals surface area contributed by atoms with Crippen LogP contribution in [-0.4, -0.2) is 18.0 Å². The van der Waals surface area contributed by atoms with Gasteiger partial charge in [-0.25, -0.2) is 0 Å². The summed E-state index contributed by atoms with van der Waals surface area (Å²) in [5.41, 5.74) is 3.29. The molecule has 1 aliphatic heterocycles. The van der Waals surface area contributed by atoms with Gasteiger partial charge in [0.1, 0.15) is 0 Å². The highest BCUT2D eigenvalue weighted by molar-refractivity contribution is 5.37. The van der Waals surface area contributed by atoms with Crippen LogP contribution in [0, 0.1) is 6.92 Å². The van der Waals surface area contributed by atoms with Gasteiger partial charge in [-0.15, -0.1) is 0 Å². The van der Waals surface area contributed by atoms with Gasteiger partial charge in [-0.2, -0.15) is 13.2 Å². The van der Waals surface area contributed by atoms with Crippen LogP contribution in [0.1, 0.15) is 39.8 Å². The summed E-state index contributed by atoms with van der Waals surface area (Å²) in [5, 5.41) is 0. The van der Waals surface area contributed by atoms with Gasteiger partial charge in [0, 0.05) is 19.0 Å². The van der Waals surface area contributed by atoms with Gasteiger partial charge in [0.2, 0.25) is 0 Å². The normalized spacial score (nSPS) is 15.6. The maximum absolute atomic E-state index is 13.2. The molecular formula is C24H22F3N. The van der Waals surface area contributed by atoms with Gasteiger partial charge >= 0.3 is 6.18 Å². The molecule has 4 heteroatoms. The molecule has 144 valence electrons. The second-order valence-corrected chi connectivity index (χ2v) is 7.50. The lowest BCUT2D eigenvalue weighted by molar-refractivity contribution is -0.137. The number of benzene rings is 3. The van der Waals surface area contributed by atoms with E-state index in [1.165, 1.54) is 23.3 Å². The van der Waals surface area contributed by atoms with Gasteiger partial charge in [0.15, 0.2) is 0 Å². The fourth-order valence-electron chi connectivity index (χ4n) is 4.03. The molecule has 0 N–H and O–H groups in total. The highest BCUT2D eigenvalue weighted by Gasteiger charge is 2.37. The lowest BCUT2D eigenvalue weighted by Gasteiger charge is -2.45. The first-order valence-corrected chi connectivity index (χ1v) is 9.44. The van der Waals surface area contributed by atoms with E-state index < -0.39 is 11.7 Å². The molecule has 1 saturated heterocycles. The van der Waals surface area contributed by atoms with Crippen molar-refractivity contribution in [2.75, 3.05) is 13.1 Å². The van der Waals surface area contributed by atoms with Crippen LogP contribution in [0.5, 0.6) is 0 Å². The van der Waals surface area contributed by atoms with Crippen LogP contribution in [0.4, 0.5) is 13.2 Å². The van der Waals surface area contributed by atoms with E-state index in [1.54, 1.807) is 6.92 Å². The van der Waals surface area contributed by atoms with Crippen molar-refractivity contribution >= 4 is 0 Å². The van der Waals surface area contributed by atoms with Crippen molar-refractivity contribution in [3.63, 3.8) is 0 Å². The first-order chi connectivity index (χ1) is 13.4. The molecule has 1 fully saturated rings. The van der Waals surface area contributed by atoms with Gasteiger partial charge < -0.3 is 0 Å². The third-order valence-electron chi connectivity index (χ3n) is 5.40. The fourth-order valence-corrected chi connectivity index (χ4v) is 4.03. The van der Waals surface area contributed by atoms with Crippen LogP contribution >= 0.6 is 0 Å². The Balaban J connectivity index is 1.58. The second kappa shape index (κ2) is 7.44. The number of rotatable bonds is 4. The number of halogens is 3. The highest BCUT2D eigenvalue weighted by Crippen LogP contribution is 2.40. The minimum absolute atomic E-state index is 0.116. The summed E-state index contributed by atoms with van der Waals surface area (Å²) in [5.74, 6) is 0.121. The lowest BCUT2D eigenvalue weighted by atomic mass is 9.85. The Morgan fingerprint density at radius 2 is 1.36 bits per heavy atom. The molecule has 0 unspecified atom stereocenters. The first kappa shape index (κ1) is 18.8. The predicted molar refractivity (Wildman–Crippen MR) is 105 cm³/mol. The van der Waals surface area contributed by atoms with Crippen molar-refractivity contribution in [1.82, 2.24) is 4.90 Å². The van der Waals surface area contributed by atoms with E-state index >= 15 is 0 Å². The quantitative estimate of drug-likeness (QED) is 0.520. The first-order valence-electron chi connectivity index (χ1n) is 9.44. The van der Waals surface area contributed by atoms with Crippen LogP contribution in [0.25, 0.3) is 0 Å². The summed E-state index contributed by atoms with van der Waals surface area (Å²) in [6.07, 6.45) is -4.30. The number of likely N-dealkylation sites (tertiary alicyclic amines) is 1. The van der Waals surface area contributed by atoms with Crippen LogP contribution in [0.2, 0.25) is 0 Å². The summed E-state index contributed by atoms with van der Waals surface area (Å²) in [7, 11) is 0.